The highest BCUT2D eigenvalue weighted by Gasteiger charge is 2.39. The summed E-state index contributed by atoms with van der Waals surface area (Å²) in [5.41, 5.74) is 2.45. The van der Waals surface area contributed by atoms with Crippen LogP contribution in [0.15, 0.2) is 24.4 Å². The molecule has 1 aromatic heterocycles. The Labute approximate surface area is 132 Å². The summed E-state index contributed by atoms with van der Waals surface area (Å²) >= 11 is 0. The molecule has 1 saturated heterocycles. The van der Waals surface area contributed by atoms with Crippen LogP contribution in [0.3, 0.4) is 0 Å². The normalized spacial score (nSPS) is 24.0. The third-order valence-corrected chi connectivity index (χ3v) is 4.67. The smallest absolute Gasteiger partial charge is 0.255 e. The topological polar surface area (TPSA) is 79.7 Å². The van der Waals surface area contributed by atoms with E-state index in [1.165, 1.54) is 0 Å². The molecule has 1 amide bonds. The summed E-state index contributed by atoms with van der Waals surface area (Å²) in [6, 6.07) is 4.87. The maximum Gasteiger partial charge on any atom is 0.255 e. The lowest BCUT2D eigenvalue weighted by molar-refractivity contribution is -0.0528. The van der Waals surface area contributed by atoms with E-state index >= 15 is 0 Å². The van der Waals surface area contributed by atoms with E-state index in [0.717, 1.165) is 17.2 Å². The molecular formula is C17H16N2O4. The Morgan fingerprint density at radius 3 is 3.09 bits per heavy atom. The fourth-order valence-electron chi connectivity index (χ4n) is 3.45. The minimum atomic E-state index is -0.591. The average molecular weight is 312 g/mol. The molecule has 0 aliphatic carbocycles. The van der Waals surface area contributed by atoms with Crippen molar-refractivity contribution in [3.05, 3.63) is 41.1 Å². The van der Waals surface area contributed by atoms with E-state index in [4.69, 9.17) is 4.74 Å². The Balaban J connectivity index is 1.82. The van der Waals surface area contributed by atoms with Crippen LogP contribution in [-0.2, 0) is 11.3 Å². The molecule has 6 nitrogen and oxygen atoms in total. The molecule has 2 atom stereocenters. The highest BCUT2D eigenvalue weighted by atomic mass is 16.5. The Morgan fingerprint density at radius 2 is 2.30 bits per heavy atom. The van der Waals surface area contributed by atoms with Crippen molar-refractivity contribution < 1.29 is 19.4 Å². The summed E-state index contributed by atoms with van der Waals surface area (Å²) in [4.78, 5) is 30.1. The van der Waals surface area contributed by atoms with Crippen LogP contribution in [-0.4, -0.2) is 52.5 Å². The summed E-state index contributed by atoms with van der Waals surface area (Å²) in [7, 11) is 0. The largest absolute Gasteiger partial charge is 0.391 e. The number of aromatic nitrogens is 1. The van der Waals surface area contributed by atoms with Crippen molar-refractivity contribution in [2.45, 2.75) is 25.1 Å². The minimum Gasteiger partial charge on any atom is -0.391 e. The number of aldehydes is 1. The number of benzene rings is 1. The van der Waals surface area contributed by atoms with Gasteiger partial charge in [-0.3, -0.25) is 14.6 Å². The first kappa shape index (κ1) is 14.3. The molecular weight excluding hydrogens is 296 g/mol. The Morgan fingerprint density at radius 1 is 1.43 bits per heavy atom. The van der Waals surface area contributed by atoms with Gasteiger partial charge in [0.1, 0.15) is 0 Å². The van der Waals surface area contributed by atoms with Gasteiger partial charge in [-0.15, -0.1) is 0 Å². The second-order valence-corrected chi connectivity index (χ2v) is 5.94. The number of amides is 1. The standard InChI is InChI=1S/C17H16N2O4/c20-8-10-6-12-13(16-11(10)2-1-4-18-16)7-19(17(12)22)14-9-23-5-3-15(14)21/h1-2,4,6,8,14-15,21H,3,5,7,9H2. The molecule has 0 radical (unpaired) electrons. The van der Waals surface area contributed by atoms with E-state index in [2.05, 4.69) is 4.98 Å². The van der Waals surface area contributed by atoms with Crippen LogP contribution in [0.2, 0.25) is 0 Å². The summed E-state index contributed by atoms with van der Waals surface area (Å²) in [5, 5.41) is 10.9. The van der Waals surface area contributed by atoms with Gasteiger partial charge in [0.05, 0.1) is 24.3 Å². The van der Waals surface area contributed by atoms with Gasteiger partial charge in [0.25, 0.3) is 5.91 Å². The molecule has 0 bridgehead atoms. The molecule has 0 spiro atoms. The number of aliphatic hydroxyl groups excluding tert-OH is 1. The van der Waals surface area contributed by atoms with E-state index in [-0.39, 0.29) is 11.9 Å². The maximum absolute atomic E-state index is 12.8. The van der Waals surface area contributed by atoms with Crippen molar-refractivity contribution in [3.8, 4) is 0 Å². The van der Waals surface area contributed by atoms with E-state index in [1.54, 1.807) is 23.2 Å². The van der Waals surface area contributed by atoms with Crippen molar-refractivity contribution in [2.24, 2.45) is 0 Å². The van der Waals surface area contributed by atoms with Crippen molar-refractivity contribution in [3.63, 3.8) is 0 Å². The number of rotatable bonds is 2. The molecule has 6 heteroatoms. The van der Waals surface area contributed by atoms with Gasteiger partial charge in [-0.1, -0.05) is 6.07 Å². The van der Waals surface area contributed by atoms with Crippen LogP contribution in [0.5, 0.6) is 0 Å². The van der Waals surface area contributed by atoms with Gasteiger partial charge >= 0.3 is 0 Å². The summed E-state index contributed by atoms with van der Waals surface area (Å²) in [6.45, 7) is 1.21. The first-order valence-corrected chi connectivity index (χ1v) is 7.63. The van der Waals surface area contributed by atoms with Crippen molar-refractivity contribution in [2.75, 3.05) is 13.2 Å². The highest BCUT2D eigenvalue weighted by molar-refractivity contribution is 6.08. The van der Waals surface area contributed by atoms with Crippen LogP contribution < -0.4 is 0 Å². The SMILES string of the molecule is O=Cc1cc2c(c3ncccc13)CN(C1COCCC1O)C2=O. The van der Waals surface area contributed by atoms with E-state index < -0.39 is 6.10 Å². The van der Waals surface area contributed by atoms with Gasteiger partial charge in [-0.25, -0.2) is 0 Å². The van der Waals surface area contributed by atoms with Crippen molar-refractivity contribution in [1.82, 2.24) is 9.88 Å². The Hall–Kier alpha value is -2.31. The zero-order valence-electron chi connectivity index (χ0n) is 12.4. The van der Waals surface area contributed by atoms with E-state index in [0.29, 0.717) is 42.8 Å². The third kappa shape index (κ3) is 2.14. The van der Waals surface area contributed by atoms with Gasteiger partial charge in [-0.05, 0) is 18.6 Å². The first-order valence-electron chi connectivity index (χ1n) is 7.63. The average Bonchev–Trinajstić information content (AvgIpc) is 2.91. The molecule has 1 fully saturated rings. The molecule has 2 unspecified atom stereocenters. The lowest BCUT2D eigenvalue weighted by atomic mass is 10.0. The number of carbonyl (C=O) groups excluding carboxylic acids is 2. The zero-order chi connectivity index (χ0) is 16.0. The molecule has 118 valence electrons. The monoisotopic (exact) mass is 312 g/mol. The van der Waals surface area contributed by atoms with Crippen LogP contribution >= 0.6 is 0 Å². The molecule has 23 heavy (non-hydrogen) atoms. The van der Waals surface area contributed by atoms with Gasteiger partial charge in [0, 0.05) is 41.4 Å². The van der Waals surface area contributed by atoms with Crippen LogP contribution in [0.1, 0.15) is 32.7 Å². The second kappa shape index (κ2) is 5.40. The van der Waals surface area contributed by atoms with Gasteiger partial charge < -0.3 is 14.7 Å². The summed E-state index contributed by atoms with van der Waals surface area (Å²) in [5.74, 6) is -0.176. The first-order chi connectivity index (χ1) is 11.2. The molecule has 1 aromatic carbocycles. The van der Waals surface area contributed by atoms with Crippen LogP contribution in [0, 0.1) is 0 Å². The van der Waals surface area contributed by atoms with Crippen LogP contribution in [0.25, 0.3) is 10.9 Å². The summed E-state index contributed by atoms with van der Waals surface area (Å²) in [6.07, 6.45) is 2.33. The molecule has 2 aromatic rings. The second-order valence-electron chi connectivity index (χ2n) is 5.94. The molecule has 3 heterocycles. The van der Waals surface area contributed by atoms with Gasteiger partial charge in [0.2, 0.25) is 0 Å². The van der Waals surface area contributed by atoms with Gasteiger partial charge in [0.15, 0.2) is 6.29 Å². The fraction of sp³-hybridized carbons (Fsp3) is 0.353. The molecule has 0 saturated carbocycles. The predicted octanol–water partition coefficient (Wildman–Crippen LogP) is 1.15. The molecule has 1 N–H and O–H groups in total. The number of pyridine rings is 1. The van der Waals surface area contributed by atoms with Crippen molar-refractivity contribution >= 4 is 23.1 Å². The number of hydrogen-bond acceptors (Lipinski definition) is 5. The number of nitrogens with zero attached hydrogens (tertiary/aromatic N) is 2. The van der Waals surface area contributed by atoms with E-state index in [9.17, 15) is 14.7 Å². The fourth-order valence-corrected chi connectivity index (χ4v) is 3.45. The maximum atomic E-state index is 12.8. The lowest BCUT2D eigenvalue weighted by Crippen LogP contribution is -2.49. The minimum absolute atomic E-state index is 0.176. The quantitative estimate of drug-likeness (QED) is 0.842. The van der Waals surface area contributed by atoms with Crippen molar-refractivity contribution in [1.29, 1.82) is 0 Å². The zero-order valence-corrected chi connectivity index (χ0v) is 12.4. The molecule has 2 aliphatic rings. The Kier molecular flexibility index (Phi) is 3.36. The number of fused-ring (bicyclic) bond motifs is 3. The summed E-state index contributed by atoms with van der Waals surface area (Å²) < 4.78 is 5.42. The predicted molar refractivity (Wildman–Crippen MR) is 82.2 cm³/mol. The van der Waals surface area contributed by atoms with Gasteiger partial charge in [-0.2, -0.15) is 0 Å². The number of hydrogen-bond donors (Lipinski definition) is 1. The Bertz CT molecular complexity index is 805. The van der Waals surface area contributed by atoms with Crippen LogP contribution in [0.4, 0.5) is 0 Å². The number of ether oxygens (including phenoxy) is 1. The lowest BCUT2D eigenvalue weighted by Gasteiger charge is -2.34. The molecule has 4 rings (SSSR count). The highest BCUT2D eigenvalue weighted by Crippen LogP contribution is 2.33. The molecule has 2 aliphatic heterocycles. The third-order valence-electron chi connectivity index (χ3n) is 4.67. The number of aliphatic hydroxyl groups is 1. The van der Waals surface area contributed by atoms with E-state index in [1.807, 2.05) is 6.07 Å². The number of carbonyl (C=O) groups is 2.